The van der Waals surface area contributed by atoms with Gasteiger partial charge in [0.25, 0.3) is 0 Å². The summed E-state index contributed by atoms with van der Waals surface area (Å²) >= 11 is 0. The predicted molar refractivity (Wildman–Crippen MR) is 180 cm³/mol. The van der Waals surface area contributed by atoms with Crippen LogP contribution in [-0.2, 0) is 41.5 Å². The van der Waals surface area contributed by atoms with Gasteiger partial charge in [-0.05, 0) is 58.7 Å². The fourth-order valence-corrected chi connectivity index (χ4v) is 6.34. The smallest absolute Gasteiger partial charge is 0.422 e. The number of aliphatic hydroxyl groups is 1. The van der Waals surface area contributed by atoms with E-state index < -0.39 is 59.7 Å². The molecule has 50 heavy (non-hydrogen) atoms. The molecule has 6 atom stereocenters. The van der Waals surface area contributed by atoms with E-state index in [1.165, 1.54) is 24.3 Å². The molecule has 0 saturated carbocycles. The monoisotopic (exact) mass is 692 g/mol. The largest absolute Gasteiger partial charge is 0.468 e. The van der Waals surface area contributed by atoms with Gasteiger partial charge in [-0.2, -0.15) is 0 Å². The number of ether oxygens (including phenoxy) is 4. The second-order valence-corrected chi connectivity index (χ2v) is 13.7. The standard InChI is InChI=1S/C37H45FN4O8/c1-37(2,3)32(34(45)47-4)33(44)40-29(18-23-10-12-25(13-11-23)26-8-6-15-39-19-26)30(43)21-42(20-24-7-5-9-27(38)17-24)41-36(46)50-31-22-49-35-28(31)14-16-48-35/h5-13,15,17,19,28-32,35,43H,14,16,18,20-22H2,1-4H3,(H,40,44)(H,41,46). The molecule has 3 aromatic rings. The van der Waals surface area contributed by atoms with E-state index >= 15 is 0 Å². The maximum Gasteiger partial charge on any atom is 0.422 e. The van der Waals surface area contributed by atoms with Crippen molar-refractivity contribution < 1.29 is 42.8 Å². The molecule has 12 nitrogen and oxygen atoms in total. The molecule has 2 aromatic carbocycles. The van der Waals surface area contributed by atoms with Crippen molar-refractivity contribution in [2.75, 3.05) is 26.9 Å². The first kappa shape index (κ1) is 36.8. The van der Waals surface area contributed by atoms with Gasteiger partial charge in [0, 0.05) is 25.5 Å². The van der Waals surface area contributed by atoms with Crippen molar-refractivity contribution in [2.24, 2.45) is 17.3 Å². The van der Waals surface area contributed by atoms with Crippen molar-refractivity contribution in [1.29, 1.82) is 0 Å². The molecule has 2 saturated heterocycles. The zero-order valence-corrected chi connectivity index (χ0v) is 28.7. The number of methoxy groups -OCH3 is 1. The minimum atomic E-state index is -1.29. The molecule has 2 aliphatic heterocycles. The molecular formula is C37H45FN4O8. The number of aromatic nitrogens is 1. The Morgan fingerprint density at radius 2 is 1.84 bits per heavy atom. The van der Waals surface area contributed by atoms with Crippen LogP contribution in [-0.4, -0.2) is 84.5 Å². The number of benzene rings is 2. The molecule has 2 aliphatic rings. The topological polar surface area (TPSA) is 149 Å². The lowest BCUT2D eigenvalue weighted by Gasteiger charge is -2.33. The number of pyridine rings is 1. The van der Waals surface area contributed by atoms with E-state index in [2.05, 4.69) is 15.7 Å². The van der Waals surface area contributed by atoms with Crippen LogP contribution in [0.1, 0.15) is 38.3 Å². The summed E-state index contributed by atoms with van der Waals surface area (Å²) < 4.78 is 35.9. The summed E-state index contributed by atoms with van der Waals surface area (Å²) in [4.78, 5) is 43.8. The number of rotatable bonds is 13. The second kappa shape index (κ2) is 16.5. The molecule has 0 radical (unpaired) electrons. The maximum absolute atomic E-state index is 14.2. The molecule has 3 heterocycles. The highest BCUT2D eigenvalue weighted by atomic mass is 19.1. The van der Waals surface area contributed by atoms with Gasteiger partial charge >= 0.3 is 12.1 Å². The van der Waals surface area contributed by atoms with E-state index in [1.807, 2.05) is 36.4 Å². The van der Waals surface area contributed by atoms with Crippen molar-refractivity contribution >= 4 is 18.0 Å². The van der Waals surface area contributed by atoms with E-state index in [9.17, 15) is 23.9 Å². The molecular weight excluding hydrogens is 647 g/mol. The molecule has 6 unspecified atom stereocenters. The molecule has 0 spiro atoms. The van der Waals surface area contributed by atoms with Gasteiger partial charge in [0.05, 0.1) is 38.4 Å². The van der Waals surface area contributed by atoms with Crippen LogP contribution in [0.4, 0.5) is 9.18 Å². The number of halogens is 1. The fraction of sp³-hybridized carbons (Fsp3) is 0.459. The quantitative estimate of drug-likeness (QED) is 0.136. The van der Waals surface area contributed by atoms with Crippen LogP contribution >= 0.6 is 0 Å². The molecule has 5 rings (SSSR count). The summed E-state index contributed by atoms with van der Waals surface area (Å²) in [6.45, 7) is 5.78. The van der Waals surface area contributed by atoms with Crippen LogP contribution in [0, 0.1) is 23.1 Å². The summed E-state index contributed by atoms with van der Waals surface area (Å²) in [7, 11) is 1.22. The Kier molecular flexibility index (Phi) is 12.2. The number of fused-ring (bicyclic) bond motifs is 1. The number of amides is 2. The van der Waals surface area contributed by atoms with Crippen molar-refractivity contribution in [1.82, 2.24) is 20.7 Å². The van der Waals surface area contributed by atoms with Crippen LogP contribution in [0.3, 0.4) is 0 Å². The number of hydrogen-bond acceptors (Lipinski definition) is 10. The van der Waals surface area contributed by atoms with Crippen molar-refractivity contribution in [3.05, 3.63) is 90.0 Å². The Morgan fingerprint density at radius 1 is 1.06 bits per heavy atom. The van der Waals surface area contributed by atoms with E-state index in [0.29, 0.717) is 18.6 Å². The van der Waals surface area contributed by atoms with E-state index in [4.69, 9.17) is 18.9 Å². The Bertz CT molecular complexity index is 1600. The first-order valence-corrected chi connectivity index (χ1v) is 16.7. The average molecular weight is 693 g/mol. The number of carbonyl (C=O) groups is 3. The van der Waals surface area contributed by atoms with Crippen LogP contribution in [0.15, 0.2) is 73.1 Å². The van der Waals surface area contributed by atoms with Gasteiger partial charge in [-0.15, -0.1) is 0 Å². The molecule has 268 valence electrons. The number of nitrogens with one attached hydrogen (secondary N) is 2. The molecule has 1 aromatic heterocycles. The molecule has 0 bridgehead atoms. The lowest BCUT2D eigenvalue weighted by Crippen LogP contribution is -2.55. The third kappa shape index (κ3) is 9.63. The van der Waals surface area contributed by atoms with E-state index in [1.54, 1.807) is 45.3 Å². The van der Waals surface area contributed by atoms with Gasteiger partial charge < -0.3 is 29.4 Å². The van der Waals surface area contributed by atoms with Gasteiger partial charge in [-0.3, -0.25) is 20.0 Å². The molecule has 13 heteroatoms. The lowest BCUT2D eigenvalue weighted by molar-refractivity contribution is -0.155. The first-order chi connectivity index (χ1) is 23.9. The normalized spacial score (nSPS) is 20.4. The Hall–Kier alpha value is -4.43. The Morgan fingerprint density at radius 3 is 2.52 bits per heavy atom. The minimum Gasteiger partial charge on any atom is -0.468 e. The van der Waals surface area contributed by atoms with Crippen LogP contribution < -0.4 is 10.7 Å². The number of carbonyl (C=O) groups excluding carboxylic acids is 3. The molecule has 0 aliphatic carbocycles. The molecule has 2 amide bonds. The summed E-state index contributed by atoms with van der Waals surface area (Å²) in [6, 6.07) is 16.4. The molecule has 2 fully saturated rings. The van der Waals surface area contributed by atoms with Crippen LogP contribution in [0.2, 0.25) is 0 Å². The van der Waals surface area contributed by atoms with Gasteiger partial charge in [0.15, 0.2) is 6.29 Å². The number of hydrazine groups is 1. The predicted octanol–water partition coefficient (Wildman–Crippen LogP) is 4.02. The van der Waals surface area contributed by atoms with Gasteiger partial charge in [0.2, 0.25) is 5.91 Å². The Balaban J connectivity index is 1.37. The first-order valence-electron chi connectivity index (χ1n) is 16.7. The number of hydrogen-bond donors (Lipinski definition) is 3. The van der Waals surface area contributed by atoms with Crippen molar-refractivity contribution in [3.8, 4) is 11.1 Å². The van der Waals surface area contributed by atoms with Gasteiger partial charge in [0.1, 0.15) is 17.8 Å². The van der Waals surface area contributed by atoms with Gasteiger partial charge in [-0.1, -0.05) is 63.2 Å². The highest BCUT2D eigenvalue weighted by molar-refractivity contribution is 5.98. The number of nitrogens with zero attached hydrogens (tertiary/aromatic N) is 2. The van der Waals surface area contributed by atoms with E-state index in [0.717, 1.165) is 16.7 Å². The van der Waals surface area contributed by atoms with Crippen molar-refractivity contribution in [2.45, 2.75) is 64.7 Å². The lowest BCUT2D eigenvalue weighted by atomic mass is 9.80. The minimum absolute atomic E-state index is 0.00744. The summed E-state index contributed by atoms with van der Waals surface area (Å²) in [5, 5.41) is 16.1. The van der Waals surface area contributed by atoms with Crippen LogP contribution in [0.5, 0.6) is 0 Å². The maximum atomic E-state index is 14.2. The SMILES string of the molecule is COC(=O)C(C(=O)NC(Cc1ccc(-c2cccnc2)cc1)C(O)CN(Cc1cccc(F)c1)NC(=O)OC1COC2OCCC12)C(C)(C)C. The van der Waals surface area contributed by atoms with Gasteiger partial charge in [-0.25, -0.2) is 14.2 Å². The zero-order valence-electron chi connectivity index (χ0n) is 28.7. The number of esters is 1. The van der Waals surface area contributed by atoms with E-state index in [-0.39, 0.29) is 32.0 Å². The highest BCUT2D eigenvalue weighted by Gasteiger charge is 2.44. The third-order valence-electron chi connectivity index (χ3n) is 8.92. The molecule has 3 N–H and O–H groups in total. The van der Waals surface area contributed by atoms with Crippen LogP contribution in [0.25, 0.3) is 11.1 Å². The number of aliphatic hydroxyl groups excluding tert-OH is 1. The zero-order chi connectivity index (χ0) is 35.8. The highest BCUT2D eigenvalue weighted by Crippen LogP contribution is 2.33. The summed E-state index contributed by atoms with van der Waals surface area (Å²) in [5.74, 6) is -3.02. The fourth-order valence-electron chi connectivity index (χ4n) is 6.34. The van der Waals surface area contributed by atoms with Crippen molar-refractivity contribution in [3.63, 3.8) is 0 Å². The second-order valence-electron chi connectivity index (χ2n) is 13.7. The summed E-state index contributed by atoms with van der Waals surface area (Å²) in [6.07, 6.45) is 1.33. The Labute approximate surface area is 291 Å². The average Bonchev–Trinajstić information content (AvgIpc) is 3.69. The third-order valence-corrected chi connectivity index (χ3v) is 8.92. The summed E-state index contributed by atoms with van der Waals surface area (Å²) in [5.41, 5.74) is 5.10.